The van der Waals surface area contributed by atoms with Crippen molar-refractivity contribution in [2.24, 2.45) is 11.8 Å². The van der Waals surface area contributed by atoms with E-state index >= 15 is 0 Å². The largest absolute Gasteiger partial charge is 0.349 e. The van der Waals surface area contributed by atoms with Gasteiger partial charge in [-0.3, -0.25) is 38.5 Å². The first-order valence-corrected chi connectivity index (χ1v) is 13.5. The lowest BCUT2D eigenvalue weighted by Crippen LogP contribution is -2.41. The van der Waals surface area contributed by atoms with Gasteiger partial charge in [0.05, 0.1) is 19.6 Å². The summed E-state index contributed by atoms with van der Waals surface area (Å²) in [5.74, 6) is -3.32. The zero-order valence-electron chi connectivity index (χ0n) is 23.1. The van der Waals surface area contributed by atoms with Crippen molar-refractivity contribution in [3.8, 4) is 0 Å². The number of hydrogen-bond acceptors (Lipinski definition) is 7. The van der Waals surface area contributed by atoms with Gasteiger partial charge in [0, 0.05) is 43.4 Å². The maximum Gasteiger partial charge on any atom is 0.253 e. The smallest absolute Gasteiger partial charge is 0.253 e. The number of rotatable bonds is 18. The summed E-state index contributed by atoms with van der Waals surface area (Å²) in [5, 5.41) is 7.58. The lowest BCUT2D eigenvalue weighted by atomic mass is 9.93. The molecule has 40 heavy (non-hydrogen) atoms. The number of hydrogen-bond donors (Lipinski definition) is 3. The summed E-state index contributed by atoms with van der Waals surface area (Å²) in [7, 11) is 0. The molecule has 2 rings (SSSR count). The van der Waals surface area contributed by atoms with Crippen molar-refractivity contribution < 1.29 is 33.6 Å². The fourth-order valence-electron chi connectivity index (χ4n) is 3.94. The van der Waals surface area contributed by atoms with Gasteiger partial charge in [0.15, 0.2) is 11.6 Å². The standard InChI is InChI=1S/C29H38N4O7/c1-20(2)24(35)18-32-29(40)22(15-21-9-5-3-6-10-21)16-23(34)17-30-26(37)19-31-25(36)11-7-4-8-14-33-27(38)12-13-28(33)39/h3,5-6,9-10,12-13,20,22H,4,7-8,11,14-19H2,1-2H3,(H,30,37)(H,31,36)(H,32,40)/t22-/m1/s1. The van der Waals surface area contributed by atoms with E-state index in [0.29, 0.717) is 32.2 Å². The van der Waals surface area contributed by atoms with E-state index in [0.717, 1.165) is 10.5 Å². The Morgan fingerprint density at radius 1 is 0.775 bits per heavy atom. The van der Waals surface area contributed by atoms with Gasteiger partial charge in [0.1, 0.15) is 0 Å². The van der Waals surface area contributed by atoms with Gasteiger partial charge < -0.3 is 16.0 Å². The Balaban J connectivity index is 1.69. The molecule has 216 valence electrons. The summed E-state index contributed by atoms with van der Waals surface area (Å²) < 4.78 is 0. The predicted octanol–water partition coefficient (Wildman–Crippen LogP) is 0.864. The number of Topliss-reactive ketones (excluding diaryl/α,β-unsaturated/α-hetero) is 2. The van der Waals surface area contributed by atoms with Crippen LogP contribution in [0.5, 0.6) is 0 Å². The molecule has 0 bridgehead atoms. The second kappa shape index (κ2) is 16.7. The van der Waals surface area contributed by atoms with Gasteiger partial charge in [-0.05, 0) is 24.8 Å². The summed E-state index contributed by atoms with van der Waals surface area (Å²) >= 11 is 0. The fraction of sp³-hybridized carbons (Fsp3) is 0.483. The van der Waals surface area contributed by atoms with Gasteiger partial charge in [-0.15, -0.1) is 0 Å². The van der Waals surface area contributed by atoms with Crippen molar-refractivity contribution in [3.63, 3.8) is 0 Å². The average Bonchev–Trinajstić information content (AvgIpc) is 3.25. The third-order valence-corrected chi connectivity index (χ3v) is 6.37. The molecule has 0 spiro atoms. The van der Waals surface area contributed by atoms with Crippen molar-refractivity contribution in [2.75, 3.05) is 26.2 Å². The minimum atomic E-state index is -0.704. The normalized spacial score (nSPS) is 13.3. The molecule has 1 aliphatic rings. The van der Waals surface area contributed by atoms with E-state index in [-0.39, 0.29) is 67.7 Å². The highest BCUT2D eigenvalue weighted by Gasteiger charge is 2.24. The molecule has 0 aromatic heterocycles. The summed E-state index contributed by atoms with van der Waals surface area (Å²) in [4.78, 5) is 85.5. The zero-order chi connectivity index (χ0) is 29.5. The molecule has 5 amide bonds. The average molecular weight is 555 g/mol. The molecule has 1 aromatic carbocycles. The quantitative estimate of drug-likeness (QED) is 0.179. The highest BCUT2D eigenvalue weighted by atomic mass is 16.2. The molecule has 1 aliphatic heterocycles. The van der Waals surface area contributed by atoms with Gasteiger partial charge in [0.2, 0.25) is 17.7 Å². The van der Waals surface area contributed by atoms with Gasteiger partial charge in [0.25, 0.3) is 11.8 Å². The molecule has 0 saturated carbocycles. The molecular weight excluding hydrogens is 516 g/mol. The first kappa shape index (κ1) is 32.1. The Bertz CT molecular complexity index is 1100. The maximum atomic E-state index is 12.8. The third kappa shape index (κ3) is 11.7. The number of nitrogens with zero attached hydrogens (tertiary/aromatic N) is 1. The third-order valence-electron chi connectivity index (χ3n) is 6.37. The first-order chi connectivity index (χ1) is 19.1. The lowest BCUT2D eigenvalue weighted by Gasteiger charge is -2.17. The molecule has 0 unspecified atom stereocenters. The van der Waals surface area contributed by atoms with Crippen LogP contribution in [0.15, 0.2) is 42.5 Å². The van der Waals surface area contributed by atoms with E-state index in [1.54, 1.807) is 13.8 Å². The minimum absolute atomic E-state index is 0.109. The molecule has 0 radical (unpaired) electrons. The number of unbranched alkanes of at least 4 members (excludes halogenated alkanes) is 2. The monoisotopic (exact) mass is 554 g/mol. The minimum Gasteiger partial charge on any atom is -0.349 e. The zero-order valence-corrected chi connectivity index (χ0v) is 23.1. The molecule has 1 heterocycles. The second-order valence-electron chi connectivity index (χ2n) is 9.99. The van der Waals surface area contributed by atoms with E-state index in [1.807, 2.05) is 30.3 Å². The van der Waals surface area contributed by atoms with Gasteiger partial charge in [-0.25, -0.2) is 0 Å². The summed E-state index contributed by atoms with van der Waals surface area (Å²) in [6.07, 6.45) is 4.57. The predicted molar refractivity (Wildman–Crippen MR) is 146 cm³/mol. The molecule has 11 nitrogen and oxygen atoms in total. The van der Waals surface area contributed by atoms with Crippen LogP contribution >= 0.6 is 0 Å². The van der Waals surface area contributed by atoms with Crippen LogP contribution in [0, 0.1) is 11.8 Å². The van der Waals surface area contributed by atoms with Crippen LogP contribution in [0.3, 0.4) is 0 Å². The van der Waals surface area contributed by atoms with Crippen LogP contribution in [0.2, 0.25) is 0 Å². The summed E-state index contributed by atoms with van der Waals surface area (Å²) in [6, 6.07) is 9.21. The topological polar surface area (TPSA) is 159 Å². The van der Waals surface area contributed by atoms with Crippen molar-refractivity contribution in [2.45, 2.75) is 52.4 Å². The molecule has 0 saturated heterocycles. The van der Waals surface area contributed by atoms with Crippen LogP contribution in [-0.4, -0.2) is 72.2 Å². The second-order valence-corrected chi connectivity index (χ2v) is 9.99. The molecule has 1 atom stereocenters. The Hall–Kier alpha value is -4.15. The van der Waals surface area contributed by atoms with Crippen molar-refractivity contribution in [3.05, 3.63) is 48.0 Å². The molecule has 0 fully saturated rings. The van der Waals surface area contributed by atoms with Crippen LogP contribution in [-0.2, 0) is 40.0 Å². The van der Waals surface area contributed by atoms with Crippen molar-refractivity contribution in [1.82, 2.24) is 20.9 Å². The number of amides is 5. The Kier molecular flexibility index (Phi) is 13.4. The van der Waals surface area contributed by atoms with Gasteiger partial charge in [-0.1, -0.05) is 50.6 Å². The molecule has 3 N–H and O–H groups in total. The van der Waals surface area contributed by atoms with Crippen LogP contribution in [0.4, 0.5) is 0 Å². The molecule has 1 aromatic rings. The highest BCUT2D eigenvalue weighted by molar-refractivity contribution is 6.12. The molecule has 0 aliphatic carbocycles. The summed E-state index contributed by atoms with van der Waals surface area (Å²) in [5.41, 5.74) is 0.868. The number of benzene rings is 1. The van der Waals surface area contributed by atoms with Crippen LogP contribution < -0.4 is 16.0 Å². The number of ketones is 2. The Morgan fingerprint density at radius 3 is 2.08 bits per heavy atom. The maximum absolute atomic E-state index is 12.8. The van der Waals surface area contributed by atoms with E-state index in [1.165, 1.54) is 12.2 Å². The SMILES string of the molecule is CC(C)C(=O)CNC(=O)[C@@H](CC(=O)CNC(=O)CNC(=O)CCCCCN1C(=O)C=CC1=O)Cc1ccccc1. The summed E-state index contributed by atoms with van der Waals surface area (Å²) in [6.45, 7) is 3.09. The Labute approximate surface area is 234 Å². The Morgan fingerprint density at radius 2 is 1.43 bits per heavy atom. The van der Waals surface area contributed by atoms with E-state index in [2.05, 4.69) is 16.0 Å². The number of imide groups is 1. The van der Waals surface area contributed by atoms with Crippen molar-refractivity contribution in [1.29, 1.82) is 0 Å². The first-order valence-electron chi connectivity index (χ1n) is 13.5. The number of carbonyl (C=O) groups is 7. The van der Waals surface area contributed by atoms with Crippen molar-refractivity contribution >= 4 is 41.1 Å². The van der Waals surface area contributed by atoms with Gasteiger partial charge >= 0.3 is 0 Å². The molecular formula is C29H38N4O7. The van der Waals surface area contributed by atoms with E-state index < -0.39 is 17.7 Å². The molecule has 11 heteroatoms. The lowest BCUT2D eigenvalue weighted by molar-refractivity contribution is -0.137. The fourth-order valence-corrected chi connectivity index (χ4v) is 3.94. The van der Waals surface area contributed by atoms with Gasteiger partial charge in [-0.2, -0.15) is 0 Å². The van der Waals surface area contributed by atoms with E-state index in [9.17, 15) is 33.6 Å². The number of carbonyl (C=O) groups excluding carboxylic acids is 7. The number of nitrogens with one attached hydrogen (secondary N) is 3. The highest BCUT2D eigenvalue weighted by Crippen LogP contribution is 2.14. The van der Waals surface area contributed by atoms with Crippen LogP contribution in [0.1, 0.15) is 51.5 Å². The van der Waals surface area contributed by atoms with E-state index in [4.69, 9.17) is 0 Å². The van der Waals surface area contributed by atoms with Crippen LogP contribution in [0.25, 0.3) is 0 Å².